The topological polar surface area (TPSA) is 31.0 Å². The van der Waals surface area contributed by atoms with Crippen molar-refractivity contribution in [2.24, 2.45) is 0 Å². The minimum atomic E-state index is 0.347. The first kappa shape index (κ1) is 9.34. The Bertz CT molecular complexity index is 296. The maximum atomic E-state index is 5.28. The molecule has 1 heterocycles. The first-order chi connectivity index (χ1) is 6.85. The van der Waals surface area contributed by atoms with Crippen molar-refractivity contribution in [3.05, 3.63) is 23.8 Å². The standard InChI is InChI=1S/C11H14O3/c1-12-10-4-3-5-11(13-2)9(10)6-8-7-14-8/h3-5,8H,6-7H2,1-2H3. The maximum absolute atomic E-state index is 5.28. The summed E-state index contributed by atoms with van der Waals surface area (Å²) in [6.45, 7) is 0.848. The Hall–Kier alpha value is -1.22. The van der Waals surface area contributed by atoms with Crippen LogP contribution >= 0.6 is 0 Å². The molecule has 1 unspecified atom stereocenters. The van der Waals surface area contributed by atoms with Crippen molar-refractivity contribution in [1.82, 2.24) is 0 Å². The van der Waals surface area contributed by atoms with Gasteiger partial charge in [-0.1, -0.05) is 6.07 Å². The molecule has 1 atom stereocenters. The molecule has 14 heavy (non-hydrogen) atoms. The zero-order valence-electron chi connectivity index (χ0n) is 8.45. The summed E-state index contributed by atoms with van der Waals surface area (Å²) in [7, 11) is 3.35. The summed E-state index contributed by atoms with van der Waals surface area (Å²) >= 11 is 0. The lowest BCUT2D eigenvalue weighted by Crippen LogP contribution is -2.00. The third kappa shape index (κ3) is 1.82. The number of ether oxygens (including phenoxy) is 3. The lowest BCUT2D eigenvalue weighted by atomic mass is 10.1. The van der Waals surface area contributed by atoms with Gasteiger partial charge in [0.25, 0.3) is 0 Å². The van der Waals surface area contributed by atoms with Crippen LogP contribution in [0, 0.1) is 0 Å². The molecule has 1 aliphatic heterocycles. The SMILES string of the molecule is COc1cccc(OC)c1CC1CO1. The first-order valence-corrected chi connectivity index (χ1v) is 4.66. The van der Waals surface area contributed by atoms with E-state index in [2.05, 4.69) is 0 Å². The van der Waals surface area contributed by atoms with Crippen LogP contribution in [0.3, 0.4) is 0 Å². The van der Waals surface area contributed by atoms with E-state index in [1.54, 1.807) is 14.2 Å². The van der Waals surface area contributed by atoms with Gasteiger partial charge in [0.1, 0.15) is 11.5 Å². The summed E-state index contributed by atoms with van der Waals surface area (Å²) < 4.78 is 15.8. The van der Waals surface area contributed by atoms with Crippen LogP contribution in [0.1, 0.15) is 5.56 Å². The zero-order chi connectivity index (χ0) is 9.97. The predicted octanol–water partition coefficient (Wildman–Crippen LogP) is 1.65. The van der Waals surface area contributed by atoms with Crippen LogP contribution in [-0.4, -0.2) is 26.9 Å². The number of hydrogen-bond donors (Lipinski definition) is 0. The summed E-state index contributed by atoms with van der Waals surface area (Å²) in [6, 6.07) is 5.81. The highest BCUT2D eigenvalue weighted by atomic mass is 16.6. The molecule has 0 bridgehead atoms. The van der Waals surface area contributed by atoms with Crippen LogP contribution in [-0.2, 0) is 11.2 Å². The molecule has 0 saturated carbocycles. The molecule has 0 N–H and O–H groups in total. The predicted molar refractivity (Wildman–Crippen MR) is 53.0 cm³/mol. The van der Waals surface area contributed by atoms with E-state index in [1.807, 2.05) is 18.2 Å². The Morgan fingerprint density at radius 2 is 1.86 bits per heavy atom. The number of methoxy groups -OCH3 is 2. The molecule has 1 aromatic carbocycles. The Labute approximate surface area is 83.6 Å². The first-order valence-electron chi connectivity index (χ1n) is 4.66. The highest BCUT2D eigenvalue weighted by Crippen LogP contribution is 2.31. The van der Waals surface area contributed by atoms with Crippen molar-refractivity contribution in [3.8, 4) is 11.5 Å². The summed E-state index contributed by atoms with van der Waals surface area (Å²) in [5, 5.41) is 0. The van der Waals surface area contributed by atoms with Gasteiger partial charge in [-0.25, -0.2) is 0 Å². The van der Waals surface area contributed by atoms with Crippen LogP contribution in [0.2, 0.25) is 0 Å². The van der Waals surface area contributed by atoms with Gasteiger partial charge in [-0.3, -0.25) is 0 Å². The molecule has 3 heteroatoms. The van der Waals surface area contributed by atoms with E-state index < -0.39 is 0 Å². The molecule has 0 spiro atoms. The van der Waals surface area contributed by atoms with Crippen molar-refractivity contribution in [2.75, 3.05) is 20.8 Å². The van der Waals surface area contributed by atoms with Crippen molar-refractivity contribution in [3.63, 3.8) is 0 Å². The van der Waals surface area contributed by atoms with Crippen LogP contribution < -0.4 is 9.47 Å². The fourth-order valence-electron chi connectivity index (χ4n) is 1.54. The highest BCUT2D eigenvalue weighted by molar-refractivity contribution is 5.45. The smallest absolute Gasteiger partial charge is 0.125 e. The van der Waals surface area contributed by atoms with Crippen LogP contribution in [0.4, 0.5) is 0 Å². The molecule has 1 aliphatic rings. The Morgan fingerprint density at radius 3 is 2.29 bits per heavy atom. The lowest BCUT2D eigenvalue weighted by Gasteiger charge is -2.11. The van der Waals surface area contributed by atoms with Gasteiger partial charge >= 0.3 is 0 Å². The molecular formula is C11H14O3. The molecule has 1 fully saturated rings. The molecule has 0 amide bonds. The molecule has 0 aromatic heterocycles. The third-order valence-electron chi connectivity index (χ3n) is 2.36. The summed E-state index contributed by atoms with van der Waals surface area (Å²) in [4.78, 5) is 0. The fraction of sp³-hybridized carbons (Fsp3) is 0.455. The van der Waals surface area contributed by atoms with E-state index in [9.17, 15) is 0 Å². The maximum Gasteiger partial charge on any atom is 0.125 e. The molecule has 1 aromatic rings. The Kier molecular flexibility index (Phi) is 2.59. The third-order valence-corrected chi connectivity index (χ3v) is 2.36. The average Bonchev–Trinajstić information content (AvgIpc) is 3.02. The molecular weight excluding hydrogens is 180 g/mol. The molecule has 0 aliphatic carbocycles. The van der Waals surface area contributed by atoms with Gasteiger partial charge in [0, 0.05) is 12.0 Å². The van der Waals surface area contributed by atoms with Gasteiger partial charge in [0.2, 0.25) is 0 Å². The van der Waals surface area contributed by atoms with E-state index in [-0.39, 0.29) is 0 Å². The van der Waals surface area contributed by atoms with Crippen LogP contribution in [0.25, 0.3) is 0 Å². The summed E-state index contributed by atoms with van der Waals surface area (Å²) in [6.07, 6.45) is 1.22. The molecule has 76 valence electrons. The van der Waals surface area contributed by atoms with Gasteiger partial charge in [-0.15, -0.1) is 0 Å². The fourth-order valence-corrected chi connectivity index (χ4v) is 1.54. The van der Waals surface area contributed by atoms with E-state index in [4.69, 9.17) is 14.2 Å². The molecule has 1 saturated heterocycles. The summed E-state index contributed by atoms with van der Waals surface area (Å²) in [5.41, 5.74) is 1.10. The minimum absolute atomic E-state index is 0.347. The van der Waals surface area contributed by atoms with Gasteiger partial charge in [-0.2, -0.15) is 0 Å². The second kappa shape index (κ2) is 3.88. The van der Waals surface area contributed by atoms with Gasteiger partial charge < -0.3 is 14.2 Å². The van der Waals surface area contributed by atoms with Crippen molar-refractivity contribution in [1.29, 1.82) is 0 Å². The highest BCUT2D eigenvalue weighted by Gasteiger charge is 2.25. The van der Waals surface area contributed by atoms with Crippen LogP contribution in [0.5, 0.6) is 11.5 Å². The van der Waals surface area contributed by atoms with Crippen molar-refractivity contribution < 1.29 is 14.2 Å². The second-order valence-electron chi connectivity index (χ2n) is 3.30. The largest absolute Gasteiger partial charge is 0.496 e. The molecule has 3 nitrogen and oxygen atoms in total. The van der Waals surface area contributed by atoms with Gasteiger partial charge in [0.15, 0.2) is 0 Å². The Balaban J connectivity index is 2.29. The normalized spacial score (nSPS) is 19.1. The number of epoxide rings is 1. The summed E-state index contributed by atoms with van der Waals surface area (Å²) in [5.74, 6) is 1.75. The Morgan fingerprint density at radius 1 is 1.29 bits per heavy atom. The van der Waals surface area contributed by atoms with Gasteiger partial charge in [-0.05, 0) is 12.1 Å². The second-order valence-corrected chi connectivity index (χ2v) is 3.30. The van der Waals surface area contributed by atoms with Crippen molar-refractivity contribution in [2.45, 2.75) is 12.5 Å². The van der Waals surface area contributed by atoms with E-state index in [1.165, 1.54) is 0 Å². The van der Waals surface area contributed by atoms with Gasteiger partial charge in [0.05, 0.1) is 26.9 Å². The van der Waals surface area contributed by atoms with Crippen LogP contribution in [0.15, 0.2) is 18.2 Å². The quantitative estimate of drug-likeness (QED) is 0.683. The number of rotatable bonds is 4. The zero-order valence-corrected chi connectivity index (χ0v) is 8.45. The number of benzene rings is 1. The van der Waals surface area contributed by atoms with E-state index in [0.29, 0.717) is 6.10 Å². The monoisotopic (exact) mass is 194 g/mol. The average molecular weight is 194 g/mol. The van der Waals surface area contributed by atoms with E-state index in [0.717, 1.165) is 30.1 Å². The minimum Gasteiger partial charge on any atom is -0.496 e. The van der Waals surface area contributed by atoms with E-state index >= 15 is 0 Å². The lowest BCUT2D eigenvalue weighted by molar-refractivity contribution is 0.370. The van der Waals surface area contributed by atoms with Crippen molar-refractivity contribution >= 4 is 0 Å². The molecule has 2 rings (SSSR count). The molecule has 0 radical (unpaired) electrons. The number of hydrogen-bond acceptors (Lipinski definition) is 3.